The molecule has 0 spiro atoms. The van der Waals surface area contributed by atoms with Crippen molar-refractivity contribution in [3.63, 3.8) is 0 Å². The molecule has 10 nitrogen and oxygen atoms in total. The van der Waals surface area contributed by atoms with Gasteiger partial charge in [0.1, 0.15) is 14.9 Å². The van der Waals surface area contributed by atoms with Crippen molar-refractivity contribution in [1.29, 1.82) is 0 Å². The molecule has 0 radical (unpaired) electrons. The van der Waals surface area contributed by atoms with Crippen LogP contribution in [0.5, 0.6) is 5.75 Å². The molecule has 0 unspecified atom stereocenters. The molecule has 1 aromatic carbocycles. The molecule has 4 rings (SSSR count). The fraction of sp³-hybridized carbons (Fsp3) is 0.207. The minimum atomic E-state index is -4.50. The number of carbonyl (C=O) groups excluding carboxylic acids is 2. The van der Waals surface area contributed by atoms with Gasteiger partial charge in [0.2, 0.25) is 5.91 Å². The Balaban J connectivity index is 0.00000576. The van der Waals surface area contributed by atoms with Gasteiger partial charge >= 0.3 is 37.0 Å². The minimum Gasteiger partial charge on any atom is -0.739 e. The van der Waals surface area contributed by atoms with Crippen molar-refractivity contribution in [3.8, 4) is 16.3 Å². The third-order valence-corrected chi connectivity index (χ3v) is 8.96. The van der Waals surface area contributed by atoms with E-state index >= 15 is 0 Å². The molecular formula is C29H28BF2N4NaO6S3. The standard InChI is InChI=1S/C29H29BF2N4O6S3.Na/c31-30(32)36-24(11-14-26(36)27-4-3-17-43-27)18-23-10-9-22(35-23)8-5-21-6-12-25(13-7-21)42-19-28(37)33-15-1-2-16-34-29(38)20-44-45(39,40)41;/h3-14,17-18H,1-2,15-16,19-20H2,(H,33,37)(H,34,38)(H,39,40,41);/q;+1/p-1/b8-5+,23-18-;. The molecule has 2 N–H and O–H groups in total. The summed E-state index contributed by atoms with van der Waals surface area (Å²) in [6, 6.07) is 14.1. The van der Waals surface area contributed by atoms with E-state index in [9.17, 15) is 31.2 Å². The van der Waals surface area contributed by atoms with Crippen molar-refractivity contribution in [2.24, 2.45) is 4.99 Å². The number of aliphatic imine (C=N–C) groups is 1. The van der Waals surface area contributed by atoms with Gasteiger partial charge < -0.3 is 24.4 Å². The molecule has 2 amide bonds. The van der Waals surface area contributed by atoms with Crippen molar-refractivity contribution >= 4 is 68.4 Å². The van der Waals surface area contributed by atoms with Crippen molar-refractivity contribution in [1.82, 2.24) is 15.1 Å². The maximum atomic E-state index is 13.9. The molecule has 3 heterocycles. The number of thiophene rings is 1. The maximum absolute atomic E-state index is 13.9. The summed E-state index contributed by atoms with van der Waals surface area (Å²) in [4.78, 5) is 28.7. The normalized spacial score (nSPS) is 13.5. The van der Waals surface area contributed by atoms with Crippen LogP contribution in [-0.2, 0) is 18.7 Å². The van der Waals surface area contributed by atoms with Crippen LogP contribution in [0.1, 0.15) is 24.1 Å². The SMILES string of the molecule is O=C(COc1ccc(/C=C/C2=NC(=C\c3ccc(-c4cccs4)n3B(F)F)/C=C2)cc1)NCCCCNC(=O)CSS(=O)(=O)[O-].[Na+]. The quantitative estimate of drug-likeness (QED) is 0.100. The predicted octanol–water partition coefficient (Wildman–Crippen LogP) is 1.64. The average molecular weight is 697 g/mol. The topological polar surface area (TPSA) is 142 Å². The number of benzene rings is 1. The molecule has 0 fully saturated rings. The number of carbonyl (C=O) groups is 2. The van der Waals surface area contributed by atoms with Gasteiger partial charge in [-0.05, 0) is 89.2 Å². The van der Waals surface area contributed by atoms with E-state index in [0.29, 0.717) is 54.5 Å². The van der Waals surface area contributed by atoms with Crippen molar-refractivity contribution < 1.29 is 65.5 Å². The number of unbranched alkanes of at least 4 members (excludes halogenated alkanes) is 1. The first-order chi connectivity index (χ1) is 21.6. The molecule has 1 aliphatic heterocycles. The number of hydrogen-bond acceptors (Lipinski definition) is 9. The second-order valence-electron chi connectivity index (χ2n) is 9.48. The Kier molecular flexibility index (Phi) is 15.0. The molecule has 0 bridgehead atoms. The second-order valence-corrected chi connectivity index (χ2v) is 13.7. The first-order valence-corrected chi connectivity index (χ1v) is 17.4. The van der Waals surface area contributed by atoms with Crippen LogP contribution in [0.15, 0.2) is 82.8 Å². The van der Waals surface area contributed by atoms with E-state index in [1.54, 1.807) is 42.5 Å². The number of nitrogens with one attached hydrogen (secondary N) is 2. The number of aromatic nitrogens is 1. The van der Waals surface area contributed by atoms with Gasteiger partial charge in [-0.3, -0.25) is 18.2 Å². The molecule has 46 heavy (non-hydrogen) atoms. The molecule has 3 aromatic rings. The summed E-state index contributed by atoms with van der Waals surface area (Å²) in [6.45, 7) is 0.489. The van der Waals surface area contributed by atoms with E-state index in [1.165, 1.54) is 11.3 Å². The Morgan fingerprint density at radius 3 is 2.39 bits per heavy atom. The Hall–Kier alpha value is -2.99. The first-order valence-electron chi connectivity index (χ1n) is 13.6. The Morgan fingerprint density at radius 2 is 1.74 bits per heavy atom. The van der Waals surface area contributed by atoms with Gasteiger partial charge in [-0.1, -0.05) is 24.3 Å². The van der Waals surface area contributed by atoms with Crippen LogP contribution < -0.4 is 44.9 Å². The molecule has 1 aliphatic rings. The van der Waals surface area contributed by atoms with Crippen molar-refractivity contribution in [3.05, 3.63) is 89.1 Å². The summed E-state index contributed by atoms with van der Waals surface area (Å²) in [5.74, 6) is -0.800. The van der Waals surface area contributed by atoms with E-state index < -0.39 is 28.2 Å². The van der Waals surface area contributed by atoms with Gasteiger partial charge in [0.05, 0.1) is 22.9 Å². The van der Waals surface area contributed by atoms with Crippen LogP contribution in [0.25, 0.3) is 22.7 Å². The van der Waals surface area contributed by atoms with E-state index in [0.717, 1.165) is 14.9 Å². The monoisotopic (exact) mass is 696 g/mol. The zero-order chi connectivity index (χ0) is 32.2. The zero-order valence-corrected chi connectivity index (χ0v) is 29.2. The van der Waals surface area contributed by atoms with Crippen LogP contribution in [0.2, 0.25) is 0 Å². The van der Waals surface area contributed by atoms with E-state index in [-0.39, 0.29) is 52.9 Å². The molecule has 0 saturated carbocycles. The summed E-state index contributed by atoms with van der Waals surface area (Å²) < 4.78 is 65.7. The van der Waals surface area contributed by atoms with E-state index in [4.69, 9.17) is 4.74 Å². The minimum absolute atomic E-state index is 0. The third-order valence-electron chi connectivity index (χ3n) is 6.18. The third kappa shape index (κ3) is 12.3. The number of hydrogen-bond donors (Lipinski definition) is 2. The number of ether oxygens (including phenoxy) is 1. The molecule has 0 saturated heterocycles. The summed E-state index contributed by atoms with van der Waals surface area (Å²) in [7, 11) is -7.16. The van der Waals surface area contributed by atoms with E-state index in [2.05, 4.69) is 15.6 Å². The zero-order valence-electron chi connectivity index (χ0n) is 24.7. The maximum Gasteiger partial charge on any atom is 1.00 e. The molecular weight excluding hydrogens is 668 g/mol. The van der Waals surface area contributed by atoms with Crippen molar-refractivity contribution in [2.75, 3.05) is 25.4 Å². The Morgan fingerprint density at radius 1 is 1.02 bits per heavy atom. The van der Waals surface area contributed by atoms with Crippen LogP contribution in [0.3, 0.4) is 0 Å². The summed E-state index contributed by atoms with van der Waals surface area (Å²) in [5, 5.41) is 7.06. The van der Waals surface area contributed by atoms with Gasteiger partial charge in [-0.25, -0.2) is 13.4 Å². The Bertz CT molecular complexity index is 1710. The fourth-order valence-electron chi connectivity index (χ4n) is 4.08. The van der Waals surface area contributed by atoms with Crippen molar-refractivity contribution in [2.45, 2.75) is 12.8 Å². The molecule has 236 valence electrons. The van der Waals surface area contributed by atoms with Gasteiger partial charge in [0.25, 0.3) is 5.91 Å². The number of amides is 2. The van der Waals surface area contributed by atoms with Gasteiger partial charge in [0, 0.05) is 23.7 Å². The van der Waals surface area contributed by atoms with E-state index in [1.807, 2.05) is 41.8 Å². The number of rotatable bonds is 16. The second kappa shape index (κ2) is 18.4. The number of allylic oxidation sites excluding steroid dienone is 3. The summed E-state index contributed by atoms with van der Waals surface area (Å²) in [5.41, 5.74) is 2.92. The average Bonchev–Trinajstić information content (AvgIpc) is 3.77. The summed E-state index contributed by atoms with van der Waals surface area (Å²) in [6.07, 6.45) is 9.99. The first kappa shape index (κ1) is 37.5. The molecule has 0 aliphatic carbocycles. The Labute approximate surface area is 295 Å². The molecule has 2 aromatic heterocycles. The van der Waals surface area contributed by atoms with Crippen LogP contribution in [0, 0.1) is 0 Å². The predicted molar refractivity (Wildman–Crippen MR) is 174 cm³/mol. The van der Waals surface area contributed by atoms with Gasteiger partial charge in [-0.2, -0.15) is 0 Å². The van der Waals surface area contributed by atoms with Crippen LogP contribution in [-0.4, -0.2) is 67.8 Å². The smallest absolute Gasteiger partial charge is 0.739 e. The van der Waals surface area contributed by atoms with Gasteiger partial charge in [-0.15, -0.1) is 11.3 Å². The van der Waals surface area contributed by atoms with Crippen LogP contribution in [0.4, 0.5) is 8.63 Å². The van der Waals surface area contributed by atoms with Gasteiger partial charge in [0.15, 0.2) is 6.61 Å². The molecule has 17 heteroatoms. The van der Waals surface area contributed by atoms with Crippen LogP contribution >= 0.6 is 22.1 Å². The largest absolute Gasteiger partial charge is 1.00 e. The number of halogens is 2. The fourth-order valence-corrected chi connectivity index (χ4v) is 5.94. The molecule has 0 atom stereocenters. The number of nitrogens with zero attached hydrogens (tertiary/aromatic N) is 2. The summed E-state index contributed by atoms with van der Waals surface area (Å²) >= 11 is 1.40.